The first-order chi connectivity index (χ1) is 4.70. The van der Waals surface area contributed by atoms with E-state index in [1.54, 1.807) is 0 Å². The number of hydrogen-bond donors (Lipinski definition) is 0. The Balaban J connectivity index is 3.47. The molecule has 0 spiro atoms. The van der Waals surface area contributed by atoms with Gasteiger partial charge in [-0.15, -0.1) is 0 Å². The minimum Gasteiger partial charge on any atom is -0.0887 e. The van der Waals surface area contributed by atoms with Crippen LogP contribution in [0.25, 0.3) is 0 Å². The molecule has 0 saturated heterocycles. The Morgan fingerprint density at radius 1 is 1.50 bits per heavy atom. The molecular formula is C10H20. The van der Waals surface area contributed by atoms with E-state index >= 15 is 0 Å². The van der Waals surface area contributed by atoms with E-state index in [0.717, 1.165) is 5.92 Å². The number of hydrogen-bond acceptors (Lipinski definition) is 0. The maximum atomic E-state index is 2.33. The van der Waals surface area contributed by atoms with Crippen molar-refractivity contribution in [3.63, 3.8) is 0 Å². The summed E-state index contributed by atoms with van der Waals surface area (Å²) in [5.74, 6) is 0.876. The van der Waals surface area contributed by atoms with Crippen LogP contribution in [0.3, 0.4) is 0 Å². The van der Waals surface area contributed by atoms with E-state index in [9.17, 15) is 0 Å². The topological polar surface area (TPSA) is 0 Å². The molecule has 0 heterocycles. The SMILES string of the molecule is C/C=C(/C)CC(C)CCC. The van der Waals surface area contributed by atoms with Gasteiger partial charge in [0.1, 0.15) is 0 Å². The van der Waals surface area contributed by atoms with Gasteiger partial charge in [-0.2, -0.15) is 0 Å². The van der Waals surface area contributed by atoms with Crippen LogP contribution in [0.2, 0.25) is 0 Å². The van der Waals surface area contributed by atoms with E-state index in [0.29, 0.717) is 0 Å². The van der Waals surface area contributed by atoms with Crippen LogP contribution < -0.4 is 0 Å². The summed E-state index contributed by atoms with van der Waals surface area (Å²) in [6, 6.07) is 0. The Bertz CT molecular complexity index is 101. The fourth-order valence-electron chi connectivity index (χ4n) is 1.26. The standard InChI is InChI=1S/C10H20/c1-5-7-10(4)8-9(3)6-2/h6,10H,5,7-8H2,1-4H3/b9-6-. The molecule has 0 heteroatoms. The van der Waals surface area contributed by atoms with Crippen molar-refractivity contribution in [2.24, 2.45) is 5.92 Å². The van der Waals surface area contributed by atoms with Crippen molar-refractivity contribution in [2.45, 2.75) is 47.0 Å². The Morgan fingerprint density at radius 2 is 2.10 bits per heavy atom. The fraction of sp³-hybridized carbons (Fsp3) is 0.800. The van der Waals surface area contributed by atoms with Crippen LogP contribution in [0.5, 0.6) is 0 Å². The zero-order valence-electron chi connectivity index (χ0n) is 7.78. The zero-order valence-corrected chi connectivity index (χ0v) is 7.78. The molecular weight excluding hydrogens is 120 g/mol. The molecule has 0 aliphatic heterocycles. The summed E-state index contributed by atoms with van der Waals surface area (Å²) < 4.78 is 0. The van der Waals surface area contributed by atoms with E-state index in [-0.39, 0.29) is 0 Å². The summed E-state index contributed by atoms with van der Waals surface area (Å²) in [5.41, 5.74) is 1.53. The summed E-state index contributed by atoms with van der Waals surface area (Å²) in [6.07, 6.45) is 6.18. The van der Waals surface area contributed by atoms with E-state index in [1.165, 1.54) is 24.8 Å². The van der Waals surface area contributed by atoms with Gasteiger partial charge in [-0.3, -0.25) is 0 Å². The summed E-state index contributed by atoms with van der Waals surface area (Å²) >= 11 is 0. The van der Waals surface area contributed by atoms with Crippen LogP contribution in [-0.2, 0) is 0 Å². The van der Waals surface area contributed by atoms with Gasteiger partial charge in [0.2, 0.25) is 0 Å². The van der Waals surface area contributed by atoms with Gasteiger partial charge >= 0.3 is 0 Å². The molecule has 0 saturated carbocycles. The molecule has 0 bridgehead atoms. The second kappa shape index (κ2) is 5.52. The highest BCUT2D eigenvalue weighted by Gasteiger charge is 1.99. The monoisotopic (exact) mass is 140 g/mol. The maximum absolute atomic E-state index is 2.33. The average Bonchev–Trinajstić information content (AvgIpc) is 1.88. The van der Waals surface area contributed by atoms with Crippen LogP contribution in [-0.4, -0.2) is 0 Å². The van der Waals surface area contributed by atoms with Gasteiger partial charge in [-0.05, 0) is 26.2 Å². The van der Waals surface area contributed by atoms with Crippen LogP contribution in [0, 0.1) is 5.92 Å². The van der Waals surface area contributed by atoms with E-state index in [1.807, 2.05) is 0 Å². The Morgan fingerprint density at radius 3 is 2.50 bits per heavy atom. The van der Waals surface area contributed by atoms with Crippen molar-refractivity contribution >= 4 is 0 Å². The number of rotatable bonds is 4. The van der Waals surface area contributed by atoms with Crippen molar-refractivity contribution in [3.8, 4) is 0 Å². The lowest BCUT2D eigenvalue weighted by atomic mass is 9.98. The van der Waals surface area contributed by atoms with Crippen molar-refractivity contribution in [1.29, 1.82) is 0 Å². The van der Waals surface area contributed by atoms with Gasteiger partial charge in [-0.25, -0.2) is 0 Å². The molecule has 0 rings (SSSR count). The maximum Gasteiger partial charge on any atom is -0.0297 e. The highest BCUT2D eigenvalue weighted by molar-refractivity contribution is 4.96. The Hall–Kier alpha value is -0.260. The zero-order chi connectivity index (χ0) is 7.98. The lowest BCUT2D eigenvalue weighted by molar-refractivity contribution is 0.520. The van der Waals surface area contributed by atoms with E-state index in [4.69, 9.17) is 0 Å². The van der Waals surface area contributed by atoms with Gasteiger partial charge < -0.3 is 0 Å². The summed E-state index contributed by atoms with van der Waals surface area (Å²) in [7, 11) is 0. The molecule has 0 fully saturated rings. The first-order valence-electron chi connectivity index (χ1n) is 4.32. The molecule has 0 N–H and O–H groups in total. The molecule has 0 aliphatic rings. The molecule has 10 heavy (non-hydrogen) atoms. The summed E-state index contributed by atoms with van der Waals surface area (Å²) in [6.45, 7) is 8.91. The van der Waals surface area contributed by atoms with Crippen molar-refractivity contribution < 1.29 is 0 Å². The molecule has 0 amide bonds. The van der Waals surface area contributed by atoms with Gasteiger partial charge in [-0.1, -0.05) is 38.3 Å². The highest BCUT2D eigenvalue weighted by atomic mass is 14.1. The molecule has 0 nitrogen and oxygen atoms in total. The highest BCUT2D eigenvalue weighted by Crippen LogP contribution is 2.15. The third kappa shape index (κ3) is 4.60. The quantitative estimate of drug-likeness (QED) is 0.521. The fourth-order valence-corrected chi connectivity index (χ4v) is 1.26. The van der Waals surface area contributed by atoms with Crippen molar-refractivity contribution in [3.05, 3.63) is 11.6 Å². The third-order valence-corrected chi connectivity index (χ3v) is 1.94. The van der Waals surface area contributed by atoms with Gasteiger partial charge in [0.25, 0.3) is 0 Å². The van der Waals surface area contributed by atoms with E-state index < -0.39 is 0 Å². The first kappa shape index (κ1) is 9.74. The summed E-state index contributed by atoms with van der Waals surface area (Å²) in [5, 5.41) is 0. The molecule has 0 aromatic rings. The van der Waals surface area contributed by atoms with E-state index in [2.05, 4.69) is 33.8 Å². The molecule has 0 aromatic heterocycles. The van der Waals surface area contributed by atoms with Crippen molar-refractivity contribution in [2.75, 3.05) is 0 Å². The second-order valence-electron chi connectivity index (χ2n) is 3.23. The van der Waals surface area contributed by atoms with Gasteiger partial charge in [0.05, 0.1) is 0 Å². The van der Waals surface area contributed by atoms with Crippen LogP contribution >= 0.6 is 0 Å². The number of allylic oxidation sites excluding steroid dienone is 2. The third-order valence-electron chi connectivity index (χ3n) is 1.94. The minimum absolute atomic E-state index is 0.876. The molecule has 0 aliphatic carbocycles. The second-order valence-corrected chi connectivity index (χ2v) is 3.23. The molecule has 1 atom stereocenters. The van der Waals surface area contributed by atoms with Gasteiger partial charge in [0, 0.05) is 0 Å². The van der Waals surface area contributed by atoms with Crippen LogP contribution in [0.15, 0.2) is 11.6 Å². The normalized spacial score (nSPS) is 15.4. The van der Waals surface area contributed by atoms with Crippen LogP contribution in [0.1, 0.15) is 47.0 Å². The lowest BCUT2D eigenvalue weighted by Crippen LogP contribution is -1.93. The molecule has 0 radical (unpaired) electrons. The predicted molar refractivity (Wildman–Crippen MR) is 48.1 cm³/mol. The smallest absolute Gasteiger partial charge is 0.0297 e. The predicted octanol–water partition coefficient (Wildman–Crippen LogP) is 3.78. The molecule has 0 aromatic carbocycles. The van der Waals surface area contributed by atoms with Gasteiger partial charge in [0.15, 0.2) is 0 Å². The Labute approximate surface area is 65.3 Å². The molecule has 1 unspecified atom stereocenters. The first-order valence-corrected chi connectivity index (χ1v) is 4.32. The summed E-state index contributed by atoms with van der Waals surface area (Å²) in [4.78, 5) is 0. The van der Waals surface area contributed by atoms with Crippen LogP contribution in [0.4, 0.5) is 0 Å². The molecule has 60 valence electrons. The Kier molecular flexibility index (Phi) is 5.38. The largest absolute Gasteiger partial charge is 0.0887 e. The lowest BCUT2D eigenvalue weighted by Gasteiger charge is -2.08. The van der Waals surface area contributed by atoms with Crippen molar-refractivity contribution in [1.82, 2.24) is 0 Å². The average molecular weight is 140 g/mol. The minimum atomic E-state index is 0.876.